The lowest BCUT2D eigenvalue weighted by molar-refractivity contribution is -0.125. The first-order valence-corrected chi connectivity index (χ1v) is 7.67. The van der Waals surface area contributed by atoms with Crippen molar-refractivity contribution in [2.45, 2.75) is 57.1 Å². The van der Waals surface area contributed by atoms with E-state index in [0.29, 0.717) is 12.5 Å². The van der Waals surface area contributed by atoms with Gasteiger partial charge >= 0.3 is 0 Å². The molecule has 1 aliphatic heterocycles. The third kappa shape index (κ3) is 3.71. The van der Waals surface area contributed by atoms with E-state index in [1.807, 2.05) is 11.8 Å². The Morgan fingerprint density at radius 3 is 2.75 bits per heavy atom. The molecule has 0 bridgehead atoms. The molecule has 20 heavy (non-hydrogen) atoms. The van der Waals surface area contributed by atoms with Gasteiger partial charge in [-0.3, -0.25) is 9.69 Å². The molecule has 0 radical (unpaired) electrons. The third-order valence-corrected chi connectivity index (χ3v) is 4.67. The summed E-state index contributed by atoms with van der Waals surface area (Å²) in [6, 6.07) is 2.30. The Labute approximate surface area is 120 Å². The smallest absolute Gasteiger partial charge is 0.235 e. The molecule has 0 aromatic heterocycles. The number of carbonyl (C=O) groups excluding carboxylic acids is 1. The molecule has 5 nitrogen and oxygen atoms in total. The van der Waals surface area contributed by atoms with Crippen LogP contribution in [-0.4, -0.2) is 47.2 Å². The number of aliphatic hydroxyl groups excluding tert-OH is 1. The van der Waals surface area contributed by atoms with Gasteiger partial charge in [-0.2, -0.15) is 5.26 Å². The van der Waals surface area contributed by atoms with Crippen LogP contribution in [0.1, 0.15) is 45.4 Å². The highest BCUT2D eigenvalue weighted by Gasteiger charge is 2.34. The maximum Gasteiger partial charge on any atom is 0.235 e. The van der Waals surface area contributed by atoms with Crippen molar-refractivity contribution in [1.29, 1.82) is 5.26 Å². The van der Waals surface area contributed by atoms with Crippen molar-refractivity contribution in [3.05, 3.63) is 0 Å². The van der Waals surface area contributed by atoms with Gasteiger partial charge in [-0.05, 0) is 31.7 Å². The number of amides is 1. The van der Waals surface area contributed by atoms with E-state index in [9.17, 15) is 15.2 Å². The first-order valence-electron chi connectivity index (χ1n) is 7.67. The summed E-state index contributed by atoms with van der Waals surface area (Å²) in [6.07, 6.45) is 5.25. The fourth-order valence-corrected chi connectivity index (χ4v) is 3.19. The van der Waals surface area contributed by atoms with Crippen molar-refractivity contribution >= 4 is 5.91 Å². The quantitative estimate of drug-likeness (QED) is 0.809. The second-order valence-electron chi connectivity index (χ2n) is 6.37. The Hall–Kier alpha value is -1.12. The summed E-state index contributed by atoms with van der Waals surface area (Å²) in [4.78, 5) is 14.1. The standard InChI is InChI=1S/C15H25N3O2/c1-12-5-8-18(9-13(12)19)10-14(20)17-15(11-16)6-3-2-4-7-15/h12-13,19H,2-10H2,1H3,(H,17,20). The van der Waals surface area contributed by atoms with Crippen LogP contribution in [-0.2, 0) is 4.79 Å². The number of rotatable bonds is 3. The van der Waals surface area contributed by atoms with Gasteiger partial charge < -0.3 is 10.4 Å². The maximum atomic E-state index is 12.1. The average molecular weight is 279 g/mol. The summed E-state index contributed by atoms with van der Waals surface area (Å²) in [6.45, 7) is 3.71. The number of carbonyl (C=O) groups is 1. The van der Waals surface area contributed by atoms with Crippen molar-refractivity contribution in [3.63, 3.8) is 0 Å². The number of nitrogens with one attached hydrogen (secondary N) is 1. The van der Waals surface area contributed by atoms with E-state index in [0.717, 1.165) is 45.1 Å². The molecule has 5 heteroatoms. The van der Waals surface area contributed by atoms with E-state index in [1.54, 1.807) is 0 Å². The van der Waals surface area contributed by atoms with Gasteiger partial charge in [-0.1, -0.05) is 26.2 Å². The number of hydrogen-bond donors (Lipinski definition) is 2. The van der Waals surface area contributed by atoms with Gasteiger partial charge in [-0.25, -0.2) is 0 Å². The summed E-state index contributed by atoms with van der Waals surface area (Å²) in [5.74, 6) is 0.216. The molecule has 2 rings (SSSR count). The summed E-state index contributed by atoms with van der Waals surface area (Å²) < 4.78 is 0. The van der Waals surface area contributed by atoms with Gasteiger partial charge in [0.2, 0.25) is 5.91 Å². The normalized spacial score (nSPS) is 30.4. The van der Waals surface area contributed by atoms with Gasteiger partial charge in [0.15, 0.2) is 0 Å². The van der Waals surface area contributed by atoms with Gasteiger partial charge in [0.05, 0.1) is 18.7 Å². The molecule has 2 fully saturated rings. The van der Waals surface area contributed by atoms with Crippen LogP contribution in [0.5, 0.6) is 0 Å². The molecular weight excluding hydrogens is 254 g/mol. The lowest BCUT2D eigenvalue weighted by atomic mass is 9.83. The minimum atomic E-state index is -0.656. The van der Waals surface area contributed by atoms with E-state index in [1.165, 1.54) is 0 Å². The number of nitriles is 1. The molecular formula is C15H25N3O2. The largest absolute Gasteiger partial charge is 0.392 e. The molecule has 1 saturated heterocycles. The molecule has 2 aliphatic rings. The number of aliphatic hydroxyl groups is 1. The van der Waals surface area contributed by atoms with Gasteiger partial charge in [0.1, 0.15) is 5.54 Å². The van der Waals surface area contributed by atoms with Crippen LogP contribution in [0.4, 0.5) is 0 Å². The number of hydrogen-bond acceptors (Lipinski definition) is 4. The zero-order chi connectivity index (χ0) is 14.6. The van der Waals surface area contributed by atoms with E-state index in [4.69, 9.17) is 0 Å². The Morgan fingerprint density at radius 1 is 1.45 bits per heavy atom. The summed E-state index contributed by atoms with van der Waals surface area (Å²) in [5.41, 5.74) is -0.656. The van der Waals surface area contributed by atoms with Crippen molar-refractivity contribution in [2.24, 2.45) is 5.92 Å². The van der Waals surface area contributed by atoms with Gasteiger partial charge in [0.25, 0.3) is 0 Å². The average Bonchev–Trinajstić information content (AvgIpc) is 2.44. The van der Waals surface area contributed by atoms with Gasteiger partial charge in [0, 0.05) is 6.54 Å². The lowest BCUT2D eigenvalue weighted by Crippen LogP contribution is -2.53. The molecule has 1 saturated carbocycles. The van der Waals surface area contributed by atoms with Crippen LogP contribution in [0.3, 0.4) is 0 Å². The van der Waals surface area contributed by atoms with E-state index in [-0.39, 0.29) is 18.6 Å². The number of piperidine rings is 1. The number of nitrogens with zero attached hydrogens (tertiary/aromatic N) is 2. The predicted octanol–water partition coefficient (Wildman–Crippen LogP) is 1.03. The number of β-amino-alcohol motifs (C(OH)–C–C–N with tert-alkyl or cyclic N) is 1. The van der Waals surface area contributed by atoms with Crippen molar-refractivity contribution < 1.29 is 9.90 Å². The monoisotopic (exact) mass is 279 g/mol. The van der Waals surface area contributed by atoms with Crippen LogP contribution < -0.4 is 5.32 Å². The maximum absolute atomic E-state index is 12.1. The fraction of sp³-hybridized carbons (Fsp3) is 0.867. The topological polar surface area (TPSA) is 76.4 Å². The molecule has 0 aromatic carbocycles. The van der Waals surface area contributed by atoms with Crippen LogP contribution in [0, 0.1) is 17.2 Å². The van der Waals surface area contributed by atoms with Gasteiger partial charge in [-0.15, -0.1) is 0 Å². The fourth-order valence-electron chi connectivity index (χ4n) is 3.19. The molecule has 2 unspecified atom stereocenters. The minimum absolute atomic E-state index is 0.0878. The molecule has 0 aromatic rings. The Balaban J connectivity index is 1.84. The zero-order valence-electron chi connectivity index (χ0n) is 12.3. The summed E-state index contributed by atoms with van der Waals surface area (Å²) in [5, 5.41) is 22.1. The van der Waals surface area contributed by atoms with Crippen LogP contribution >= 0.6 is 0 Å². The molecule has 1 amide bonds. The molecule has 2 N–H and O–H groups in total. The van der Waals surface area contributed by atoms with E-state index >= 15 is 0 Å². The van der Waals surface area contributed by atoms with Crippen molar-refractivity contribution in [3.8, 4) is 6.07 Å². The highest BCUT2D eigenvalue weighted by molar-refractivity contribution is 5.79. The first-order chi connectivity index (χ1) is 9.54. The number of likely N-dealkylation sites (tertiary alicyclic amines) is 1. The van der Waals surface area contributed by atoms with E-state index in [2.05, 4.69) is 11.4 Å². The van der Waals surface area contributed by atoms with Crippen molar-refractivity contribution in [1.82, 2.24) is 10.2 Å². The van der Waals surface area contributed by atoms with Crippen LogP contribution in [0.25, 0.3) is 0 Å². The SMILES string of the molecule is CC1CCN(CC(=O)NC2(C#N)CCCCC2)CC1O. The highest BCUT2D eigenvalue weighted by atomic mass is 16.3. The van der Waals surface area contributed by atoms with Crippen LogP contribution in [0.2, 0.25) is 0 Å². The second kappa shape index (κ2) is 6.55. The van der Waals surface area contributed by atoms with Crippen LogP contribution in [0.15, 0.2) is 0 Å². The zero-order valence-corrected chi connectivity index (χ0v) is 12.3. The molecule has 1 heterocycles. The molecule has 2 atom stereocenters. The third-order valence-electron chi connectivity index (χ3n) is 4.67. The van der Waals surface area contributed by atoms with E-state index < -0.39 is 5.54 Å². The second-order valence-corrected chi connectivity index (χ2v) is 6.37. The predicted molar refractivity (Wildman–Crippen MR) is 75.8 cm³/mol. The lowest BCUT2D eigenvalue weighted by Gasteiger charge is -2.35. The molecule has 0 spiro atoms. The molecule has 1 aliphatic carbocycles. The summed E-state index contributed by atoms with van der Waals surface area (Å²) >= 11 is 0. The Morgan fingerprint density at radius 2 is 2.15 bits per heavy atom. The molecule has 112 valence electrons. The Bertz CT molecular complexity index is 385. The minimum Gasteiger partial charge on any atom is -0.392 e. The first kappa shape index (κ1) is 15.3. The summed E-state index contributed by atoms with van der Waals surface area (Å²) in [7, 11) is 0. The highest BCUT2D eigenvalue weighted by Crippen LogP contribution is 2.27. The van der Waals surface area contributed by atoms with Crippen molar-refractivity contribution in [2.75, 3.05) is 19.6 Å². The Kier molecular flexibility index (Phi) is 5.00.